The van der Waals surface area contributed by atoms with E-state index in [1.807, 2.05) is 6.92 Å². The van der Waals surface area contributed by atoms with E-state index in [2.05, 4.69) is 20.9 Å². The van der Waals surface area contributed by atoms with Crippen LogP contribution in [-0.4, -0.2) is 11.2 Å². The van der Waals surface area contributed by atoms with Crippen LogP contribution in [0, 0.1) is 6.92 Å². The second-order valence-electron chi connectivity index (χ2n) is 4.15. The summed E-state index contributed by atoms with van der Waals surface area (Å²) in [5.74, 6) is 0.208. The Morgan fingerprint density at radius 1 is 1.50 bits per heavy atom. The van der Waals surface area contributed by atoms with Gasteiger partial charge in [-0.15, -0.1) is 0 Å². The Morgan fingerprint density at radius 2 is 2.19 bits per heavy atom. The minimum Gasteiger partial charge on any atom is -0.508 e. The van der Waals surface area contributed by atoms with Crippen molar-refractivity contribution in [3.63, 3.8) is 0 Å². The van der Waals surface area contributed by atoms with E-state index in [0.717, 1.165) is 34.9 Å². The molecule has 0 heterocycles. The van der Waals surface area contributed by atoms with Gasteiger partial charge < -0.3 is 5.11 Å². The summed E-state index contributed by atoms with van der Waals surface area (Å²) in [5.41, 5.74) is 1.16. The minimum atomic E-state index is -0.542. The molecule has 0 saturated heterocycles. The van der Waals surface area contributed by atoms with E-state index < -0.39 is 5.54 Å². The summed E-state index contributed by atoms with van der Waals surface area (Å²) < 4.78 is 0.924. The van der Waals surface area contributed by atoms with E-state index in [0.29, 0.717) is 0 Å². The lowest BCUT2D eigenvalue weighted by Crippen LogP contribution is -2.32. The van der Waals surface area contributed by atoms with Gasteiger partial charge in [-0.1, -0.05) is 15.9 Å². The van der Waals surface area contributed by atoms with E-state index in [9.17, 15) is 9.90 Å². The third-order valence-corrected chi connectivity index (χ3v) is 4.14. The highest BCUT2D eigenvalue weighted by Gasteiger charge is 2.42. The Labute approximate surface area is 102 Å². The Kier molecular flexibility index (Phi) is 2.87. The molecule has 1 aliphatic rings. The number of nitrogens with zero attached hydrogens (tertiary/aromatic N) is 1. The number of rotatable bonds is 2. The summed E-state index contributed by atoms with van der Waals surface area (Å²) in [6.45, 7) is 1.92. The van der Waals surface area contributed by atoms with Crippen LogP contribution in [-0.2, 0) is 10.3 Å². The van der Waals surface area contributed by atoms with E-state index in [1.165, 1.54) is 0 Å². The molecule has 0 unspecified atom stereocenters. The standard InChI is InChI=1S/C12H12BrNO2/c1-8-9(13)3-4-10(16)11(8)12(14-7-15)5-2-6-12/h3-4,16H,2,5-6H2,1H3. The van der Waals surface area contributed by atoms with Gasteiger partial charge in [-0.05, 0) is 43.9 Å². The second-order valence-corrected chi connectivity index (χ2v) is 5.01. The number of phenols is 1. The first-order valence-electron chi connectivity index (χ1n) is 5.18. The molecule has 0 aromatic heterocycles. The van der Waals surface area contributed by atoms with E-state index in [1.54, 1.807) is 18.2 Å². The Hall–Kier alpha value is -1.12. The number of carbonyl (C=O) groups excluding carboxylic acids is 1. The number of isocyanates is 1. The summed E-state index contributed by atoms with van der Waals surface area (Å²) in [7, 11) is 0. The van der Waals surface area contributed by atoms with Crippen molar-refractivity contribution in [3.05, 3.63) is 27.7 Å². The predicted octanol–water partition coefficient (Wildman–Crippen LogP) is 3.18. The van der Waals surface area contributed by atoms with Crippen molar-refractivity contribution >= 4 is 22.0 Å². The zero-order valence-corrected chi connectivity index (χ0v) is 10.5. The van der Waals surface area contributed by atoms with Gasteiger partial charge in [0.1, 0.15) is 11.3 Å². The number of aromatic hydroxyl groups is 1. The summed E-state index contributed by atoms with van der Waals surface area (Å²) in [4.78, 5) is 14.4. The molecule has 1 aliphatic carbocycles. The smallest absolute Gasteiger partial charge is 0.235 e. The fourth-order valence-electron chi connectivity index (χ4n) is 2.28. The second kappa shape index (κ2) is 4.04. The van der Waals surface area contributed by atoms with Gasteiger partial charge in [0.15, 0.2) is 0 Å². The molecule has 0 atom stereocenters. The van der Waals surface area contributed by atoms with Crippen LogP contribution in [0.4, 0.5) is 0 Å². The first kappa shape index (κ1) is 11.4. The molecular formula is C12H12BrNO2. The lowest BCUT2D eigenvalue weighted by atomic mass is 9.70. The van der Waals surface area contributed by atoms with Gasteiger partial charge in [-0.25, -0.2) is 4.79 Å². The molecule has 0 amide bonds. The lowest BCUT2D eigenvalue weighted by molar-refractivity contribution is 0.246. The van der Waals surface area contributed by atoms with Crippen molar-refractivity contribution < 1.29 is 9.90 Å². The van der Waals surface area contributed by atoms with Crippen molar-refractivity contribution in [2.75, 3.05) is 0 Å². The zero-order chi connectivity index (χ0) is 11.8. The third-order valence-electron chi connectivity index (χ3n) is 3.28. The van der Waals surface area contributed by atoms with Crippen molar-refractivity contribution in [2.24, 2.45) is 4.99 Å². The number of phenolic OH excluding ortho intramolecular Hbond substituents is 1. The largest absolute Gasteiger partial charge is 0.508 e. The summed E-state index contributed by atoms with van der Waals surface area (Å²) in [5, 5.41) is 9.93. The molecule has 4 heteroatoms. The predicted molar refractivity (Wildman–Crippen MR) is 64.2 cm³/mol. The highest BCUT2D eigenvalue weighted by molar-refractivity contribution is 9.10. The van der Waals surface area contributed by atoms with Crippen LogP contribution >= 0.6 is 15.9 Å². The maximum absolute atomic E-state index is 10.5. The third kappa shape index (κ3) is 1.58. The number of hydrogen-bond donors (Lipinski definition) is 1. The van der Waals surface area contributed by atoms with Crippen molar-refractivity contribution in [3.8, 4) is 5.75 Å². The zero-order valence-electron chi connectivity index (χ0n) is 8.96. The van der Waals surface area contributed by atoms with Crippen molar-refractivity contribution in [2.45, 2.75) is 31.7 Å². The number of aliphatic imine (C=N–C) groups is 1. The van der Waals surface area contributed by atoms with Gasteiger partial charge in [0.25, 0.3) is 0 Å². The van der Waals surface area contributed by atoms with E-state index in [-0.39, 0.29) is 5.75 Å². The molecule has 1 aromatic carbocycles. The monoisotopic (exact) mass is 281 g/mol. The average Bonchev–Trinajstić information content (AvgIpc) is 2.20. The average molecular weight is 282 g/mol. The van der Waals surface area contributed by atoms with Gasteiger partial charge in [-0.3, -0.25) is 0 Å². The molecule has 0 aliphatic heterocycles. The van der Waals surface area contributed by atoms with Crippen LogP contribution in [0.1, 0.15) is 30.4 Å². The molecule has 1 fully saturated rings. The van der Waals surface area contributed by atoms with Crippen LogP contribution in [0.25, 0.3) is 0 Å². The van der Waals surface area contributed by atoms with Crippen LogP contribution in [0.3, 0.4) is 0 Å². The summed E-state index contributed by atoms with van der Waals surface area (Å²) >= 11 is 3.43. The molecule has 1 N–H and O–H groups in total. The normalized spacial score (nSPS) is 17.4. The molecule has 0 radical (unpaired) electrons. The molecule has 84 valence electrons. The molecule has 0 spiro atoms. The number of halogens is 1. The van der Waals surface area contributed by atoms with E-state index >= 15 is 0 Å². The fourth-order valence-corrected chi connectivity index (χ4v) is 2.61. The molecule has 0 bridgehead atoms. The quantitative estimate of drug-likeness (QED) is 0.669. The SMILES string of the molecule is Cc1c(Br)ccc(O)c1C1(N=C=O)CCC1. The van der Waals surface area contributed by atoms with Crippen LogP contribution in [0.5, 0.6) is 5.75 Å². The Balaban J connectivity index is 2.62. The first-order chi connectivity index (χ1) is 7.60. The summed E-state index contributed by atoms with van der Waals surface area (Å²) in [6.07, 6.45) is 4.25. The van der Waals surface area contributed by atoms with Crippen LogP contribution in [0.2, 0.25) is 0 Å². The van der Waals surface area contributed by atoms with Gasteiger partial charge in [0.05, 0.1) is 0 Å². The van der Waals surface area contributed by atoms with Crippen LogP contribution in [0.15, 0.2) is 21.6 Å². The Bertz CT molecular complexity index is 474. The highest BCUT2D eigenvalue weighted by Crippen LogP contribution is 2.50. The maximum atomic E-state index is 10.5. The molecule has 16 heavy (non-hydrogen) atoms. The van der Waals surface area contributed by atoms with Crippen molar-refractivity contribution in [1.29, 1.82) is 0 Å². The maximum Gasteiger partial charge on any atom is 0.235 e. The lowest BCUT2D eigenvalue weighted by Gasteiger charge is -2.38. The number of benzene rings is 1. The molecule has 1 saturated carbocycles. The Morgan fingerprint density at radius 3 is 2.69 bits per heavy atom. The fraction of sp³-hybridized carbons (Fsp3) is 0.417. The molecule has 1 aromatic rings. The van der Waals surface area contributed by atoms with Gasteiger partial charge in [0.2, 0.25) is 6.08 Å². The molecule has 2 rings (SSSR count). The van der Waals surface area contributed by atoms with Gasteiger partial charge in [0, 0.05) is 10.0 Å². The topological polar surface area (TPSA) is 49.7 Å². The first-order valence-corrected chi connectivity index (χ1v) is 5.97. The van der Waals surface area contributed by atoms with Gasteiger partial charge >= 0.3 is 0 Å². The van der Waals surface area contributed by atoms with E-state index in [4.69, 9.17) is 0 Å². The highest BCUT2D eigenvalue weighted by atomic mass is 79.9. The van der Waals surface area contributed by atoms with Gasteiger partial charge in [-0.2, -0.15) is 4.99 Å². The molecular weight excluding hydrogens is 270 g/mol. The molecule has 3 nitrogen and oxygen atoms in total. The minimum absolute atomic E-state index is 0.208. The number of hydrogen-bond acceptors (Lipinski definition) is 3. The van der Waals surface area contributed by atoms with Crippen molar-refractivity contribution in [1.82, 2.24) is 0 Å². The summed E-state index contributed by atoms with van der Waals surface area (Å²) in [6, 6.07) is 3.43. The van der Waals surface area contributed by atoms with Crippen LogP contribution < -0.4 is 0 Å².